The van der Waals surface area contributed by atoms with Gasteiger partial charge in [-0.15, -0.1) is 0 Å². The normalized spacial score (nSPS) is 22.1. The van der Waals surface area contributed by atoms with Crippen LogP contribution >= 0.6 is 0 Å². The molecule has 2 fully saturated rings. The van der Waals surface area contributed by atoms with Crippen molar-refractivity contribution in [1.29, 1.82) is 5.26 Å². The summed E-state index contributed by atoms with van der Waals surface area (Å²) in [5.74, 6) is 0.758. The van der Waals surface area contributed by atoms with Gasteiger partial charge < -0.3 is 19.3 Å². The van der Waals surface area contributed by atoms with E-state index in [0.29, 0.717) is 61.9 Å². The Morgan fingerprint density at radius 1 is 1.17 bits per heavy atom. The first-order valence-corrected chi connectivity index (χ1v) is 14.1. The molecule has 3 aromatic heterocycles. The average molecular weight is 550 g/mol. The van der Waals surface area contributed by atoms with Crippen molar-refractivity contribution >= 4 is 17.1 Å². The fourth-order valence-electron chi connectivity index (χ4n) is 6.54. The van der Waals surface area contributed by atoms with E-state index in [0.717, 1.165) is 41.7 Å². The maximum atomic E-state index is 12.9. The second kappa shape index (κ2) is 10.2. The van der Waals surface area contributed by atoms with Crippen molar-refractivity contribution < 1.29 is 14.3 Å². The maximum Gasteiger partial charge on any atom is 0.320 e. The molecule has 2 aliphatic heterocycles. The van der Waals surface area contributed by atoms with Crippen LogP contribution in [0.4, 0.5) is 4.79 Å². The Bertz CT molecular complexity index is 1650. The summed E-state index contributed by atoms with van der Waals surface area (Å²) in [5.41, 5.74) is 5.77. The number of nitriles is 1. The van der Waals surface area contributed by atoms with Crippen molar-refractivity contribution in [1.82, 2.24) is 30.0 Å². The highest BCUT2D eigenvalue weighted by Crippen LogP contribution is 2.47. The molecule has 0 spiro atoms. The van der Waals surface area contributed by atoms with Crippen LogP contribution in [0.3, 0.4) is 0 Å². The molecule has 0 radical (unpaired) electrons. The van der Waals surface area contributed by atoms with Gasteiger partial charge in [0.05, 0.1) is 31.9 Å². The van der Waals surface area contributed by atoms with Crippen LogP contribution in [0.5, 0.6) is 5.75 Å². The molecule has 1 aliphatic carbocycles. The predicted molar refractivity (Wildman–Crippen MR) is 152 cm³/mol. The van der Waals surface area contributed by atoms with E-state index in [1.54, 1.807) is 7.11 Å². The monoisotopic (exact) mass is 549 g/mol. The third kappa shape index (κ3) is 4.19. The van der Waals surface area contributed by atoms with Crippen molar-refractivity contribution in [3.8, 4) is 23.1 Å². The topological polar surface area (TPSA) is 120 Å². The molecule has 2 atom stereocenters. The molecule has 2 unspecified atom stereocenters. The average Bonchev–Trinajstić information content (AvgIpc) is 3.78. The third-order valence-electron chi connectivity index (χ3n) is 8.78. The van der Waals surface area contributed by atoms with E-state index in [1.807, 2.05) is 52.4 Å². The Hall–Kier alpha value is -4.49. The van der Waals surface area contributed by atoms with Gasteiger partial charge in [-0.3, -0.25) is 10.1 Å². The van der Waals surface area contributed by atoms with E-state index in [1.165, 1.54) is 5.56 Å². The van der Waals surface area contributed by atoms with Gasteiger partial charge in [0.1, 0.15) is 28.1 Å². The van der Waals surface area contributed by atoms with Crippen molar-refractivity contribution in [2.75, 3.05) is 46.5 Å². The van der Waals surface area contributed by atoms with Crippen molar-refractivity contribution in [3.05, 3.63) is 71.2 Å². The van der Waals surface area contributed by atoms with Crippen LogP contribution in [0, 0.1) is 11.3 Å². The first-order valence-electron chi connectivity index (χ1n) is 14.1. The minimum Gasteiger partial charge on any atom is -0.495 e. The standard InChI is InChI=1S/C31H31N7O3/c1-40-26-16-25-28(34-29(26)31(19-32)10-8-20-4-2-3-5-23(20)31)27(36-35-25)21-6-7-24(33-17-21)22-9-11-38(18-22)30(39)37-12-14-41-15-13-37/h2-7,16-17,22H,8-15,18H2,1H3,(H,35,36). The molecular weight excluding hydrogens is 518 g/mol. The van der Waals surface area contributed by atoms with Crippen LogP contribution in [-0.2, 0) is 16.6 Å². The van der Waals surface area contributed by atoms with Crippen LogP contribution in [-0.4, -0.2) is 82.5 Å². The highest BCUT2D eigenvalue weighted by Gasteiger charge is 2.44. The zero-order chi connectivity index (χ0) is 28.0. The number of aromatic nitrogens is 4. The number of fused-ring (bicyclic) bond motifs is 2. The maximum absolute atomic E-state index is 12.9. The molecular formula is C31H31N7O3. The number of urea groups is 1. The lowest BCUT2D eigenvalue weighted by Crippen LogP contribution is -2.47. The first kappa shape index (κ1) is 25.5. The van der Waals surface area contributed by atoms with Gasteiger partial charge in [-0.05, 0) is 42.5 Å². The minimum atomic E-state index is -0.889. The van der Waals surface area contributed by atoms with Gasteiger partial charge in [-0.2, -0.15) is 10.4 Å². The Kier molecular flexibility index (Phi) is 6.31. The summed E-state index contributed by atoms with van der Waals surface area (Å²) in [5, 5.41) is 18.2. The number of benzene rings is 1. The first-order chi connectivity index (χ1) is 20.1. The summed E-state index contributed by atoms with van der Waals surface area (Å²) in [7, 11) is 1.61. The number of nitrogens with one attached hydrogen (secondary N) is 1. The van der Waals surface area contributed by atoms with Crippen LogP contribution in [0.1, 0.15) is 41.3 Å². The summed E-state index contributed by atoms with van der Waals surface area (Å²) in [6.07, 6.45) is 4.17. The van der Waals surface area contributed by atoms with Gasteiger partial charge in [0.15, 0.2) is 0 Å². The number of aromatic amines is 1. The molecule has 208 valence electrons. The molecule has 0 saturated carbocycles. The minimum absolute atomic E-state index is 0.0905. The molecule has 7 rings (SSSR count). The van der Waals surface area contributed by atoms with Gasteiger partial charge in [0, 0.05) is 55.6 Å². The van der Waals surface area contributed by atoms with E-state index in [2.05, 4.69) is 22.3 Å². The number of likely N-dealkylation sites (tertiary alicyclic amines) is 1. The van der Waals surface area contributed by atoms with E-state index in [9.17, 15) is 10.1 Å². The van der Waals surface area contributed by atoms with E-state index >= 15 is 0 Å². The lowest BCUT2D eigenvalue weighted by Gasteiger charge is -2.31. The summed E-state index contributed by atoms with van der Waals surface area (Å²) < 4.78 is 11.1. The number of pyridine rings is 2. The highest BCUT2D eigenvalue weighted by atomic mass is 16.5. The number of ether oxygens (including phenoxy) is 2. The number of methoxy groups -OCH3 is 1. The molecule has 41 heavy (non-hydrogen) atoms. The van der Waals surface area contributed by atoms with E-state index < -0.39 is 5.41 Å². The molecule has 3 aliphatic rings. The van der Waals surface area contributed by atoms with E-state index in [-0.39, 0.29) is 11.9 Å². The summed E-state index contributed by atoms with van der Waals surface area (Å²) in [6, 6.07) is 16.7. The molecule has 2 amide bonds. The smallest absolute Gasteiger partial charge is 0.320 e. The number of nitrogens with zero attached hydrogens (tertiary/aromatic N) is 6. The van der Waals surface area contributed by atoms with Crippen molar-refractivity contribution in [3.63, 3.8) is 0 Å². The lowest BCUT2D eigenvalue weighted by atomic mass is 9.79. The Balaban J connectivity index is 1.18. The Morgan fingerprint density at radius 3 is 2.80 bits per heavy atom. The number of rotatable bonds is 4. The number of aryl methyl sites for hydroxylation is 1. The number of morpholine rings is 1. The molecule has 1 N–H and O–H groups in total. The highest BCUT2D eigenvalue weighted by molar-refractivity contribution is 5.90. The fourth-order valence-corrected chi connectivity index (χ4v) is 6.54. The summed E-state index contributed by atoms with van der Waals surface area (Å²) in [6.45, 7) is 3.88. The molecule has 2 saturated heterocycles. The van der Waals surface area contributed by atoms with Crippen LogP contribution < -0.4 is 4.74 Å². The van der Waals surface area contributed by atoms with Gasteiger partial charge in [-0.25, -0.2) is 9.78 Å². The SMILES string of the molecule is COc1cc2[nH]nc(-c3ccc(C4CCN(C(=O)N5CCOCC5)C4)nc3)c2nc1C1(C#N)CCc2ccccc21. The van der Waals surface area contributed by atoms with Crippen molar-refractivity contribution in [2.45, 2.75) is 30.6 Å². The van der Waals surface area contributed by atoms with Crippen LogP contribution in [0.15, 0.2) is 48.7 Å². The van der Waals surface area contributed by atoms with Crippen molar-refractivity contribution in [2.24, 2.45) is 0 Å². The van der Waals surface area contributed by atoms with Gasteiger partial charge >= 0.3 is 6.03 Å². The predicted octanol–water partition coefficient (Wildman–Crippen LogP) is 4.03. The molecule has 10 heteroatoms. The third-order valence-corrected chi connectivity index (χ3v) is 8.78. The zero-order valence-electron chi connectivity index (χ0n) is 23.0. The van der Waals surface area contributed by atoms with Gasteiger partial charge in [-0.1, -0.05) is 24.3 Å². The number of amides is 2. The van der Waals surface area contributed by atoms with E-state index in [4.69, 9.17) is 19.4 Å². The molecule has 10 nitrogen and oxygen atoms in total. The van der Waals surface area contributed by atoms with Gasteiger partial charge in [0.2, 0.25) is 0 Å². The quantitative estimate of drug-likeness (QED) is 0.408. The Morgan fingerprint density at radius 2 is 2.02 bits per heavy atom. The Labute approximate surface area is 237 Å². The summed E-state index contributed by atoms with van der Waals surface area (Å²) >= 11 is 0. The lowest BCUT2D eigenvalue weighted by molar-refractivity contribution is 0.0450. The number of H-pyrrole nitrogens is 1. The second-order valence-corrected chi connectivity index (χ2v) is 11.0. The molecule has 0 bridgehead atoms. The molecule has 1 aromatic carbocycles. The fraction of sp³-hybridized carbons (Fsp3) is 0.387. The number of hydrogen-bond donors (Lipinski definition) is 1. The number of hydrogen-bond acceptors (Lipinski definition) is 7. The second-order valence-electron chi connectivity index (χ2n) is 11.0. The summed E-state index contributed by atoms with van der Waals surface area (Å²) in [4.78, 5) is 26.6. The number of carbonyl (C=O) groups is 1. The number of carbonyl (C=O) groups excluding carboxylic acids is 1. The zero-order valence-corrected chi connectivity index (χ0v) is 23.0. The van der Waals surface area contributed by atoms with Crippen LogP contribution in [0.25, 0.3) is 22.3 Å². The van der Waals surface area contributed by atoms with Gasteiger partial charge in [0.25, 0.3) is 0 Å². The largest absolute Gasteiger partial charge is 0.495 e. The molecule has 4 aromatic rings. The van der Waals surface area contributed by atoms with Crippen LogP contribution in [0.2, 0.25) is 0 Å². The molecule has 5 heterocycles.